The highest BCUT2D eigenvalue weighted by atomic mass is 15.1. The molecule has 0 bridgehead atoms. The number of nitrogens with zero attached hydrogens (tertiary/aromatic N) is 5. The third-order valence-corrected chi connectivity index (χ3v) is 1.90. The summed E-state index contributed by atoms with van der Waals surface area (Å²) in [5.41, 5.74) is 2.49. The molecule has 13 heavy (non-hydrogen) atoms. The van der Waals surface area contributed by atoms with Gasteiger partial charge in [-0.1, -0.05) is 0 Å². The van der Waals surface area contributed by atoms with Gasteiger partial charge in [0.15, 0.2) is 5.65 Å². The van der Waals surface area contributed by atoms with Gasteiger partial charge < -0.3 is 0 Å². The smallest absolute Gasteiger partial charge is 0.167 e. The van der Waals surface area contributed by atoms with Gasteiger partial charge in [0.25, 0.3) is 0 Å². The summed E-state index contributed by atoms with van der Waals surface area (Å²) >= 11 is 0. The van der Waals surface area contributed by atoms with Crippen molar-refractivity contribution in [3.05, 3.63) is 31.2 Å². The Morgan fingerprint density at radius 3 is 3.00 bits per heavy atom. The van der Waals surface area contributed by atoms with E-state index in [1.54, 1.807) is 24.9 Å². The summed E-state index contributed by atoms with van der Waals surface area (Å²) in [6.07, 6.45) is 8.39. The molecule has 5 nitrogen and oxygen atoms in total. The molecule has 0 atom stereocenters. The third-order valence-electron chi connectivity index (χ3n) is 1.90. The molecule has 0 aliphatic rings. The van der Waals surface area contributed by atoms with Crippen LogP contribution in [-0.2, 0) is 0 Å². The maximum absolute atomic E-state index is 4.20. The van der Waals surface area contributed by atoms with Gasteiger partial charge in [-0.15, -0.1) is 0 Å². The number of rotatable bonds is 0. The Balaban J connectivity index is 2.65. The normalized spacial score (nSPS) is 11.1. The van der Waals surface area contributed by atoms with Crippen LogP contribution in [0.3, 0.4) is 0 Å². The molecular formula is C8H5N5. The van der Waals surface area contributed by atoms with E-state index in [9.17, 15) is 0 Å². The summed E-state index contributed by atoms with van der Waals surface area (Å²) in [4.78, 5) is 16.2. The molecule has 3 heterocycles. The predicted octanol–water partition coefficient (Wildman–Crippen LogP) is 0.672. The van der Waals surface area contributed by atoms with Crippen molar-refractivity contribution in [3.63, 3.8) is 0 Å². The van der Waals surface area contributed by atoms with Crippen molar-refractivity contribution in [1.29, 1.82) is 0 Å². The second kappa shape index (κ2) is 2.22. The van der Waals surface area contributed by atoms with Crippen LogP contribution in [0.5, 0.6) is 0 Å². The third kappa shape index (κ3) is 0.807. The minimum absolute atomic E-state index is 0.771. The van der Waals surface area contributed by atoms with Crippen LogP contribution in [0.25, 0.3) is 16.7 Å². The highest BCUT2D eigenvalue weighted by Crippen LogP contribution is 2.09. The standard InChI is InChI=1S/C8H5N5/c1-6-2-11-7-3-9-4-12-8(7)13(6)5-10-1/h1-5H. The van der Waals surface area contributed by atoms with Crippen molar-refractivity contribution in [1.82, 2.24) is 24.3 Å². The lowest BCUT2D eigenvalue weighted by atomic mass is 10.5. The minimum atomic E-state index is 0.771. The molecule has 0 amide bonds. The average Bonchev–Trinajstić information content (AvgIpc) is 2.65. The molecule has 0 aliphatic carbocycles. The number of aromatic nitrogens is 5. The van der Waals surface area contributed by atoms with Crippen LogP contribution in [0.15, 0.2) is 31.2 Å². The van der Waals surface area contributed by atoms with Gasteiger partial charge in [0, 0.05) is 0 Å². The fourth-order valence-corrected chi connectivity index (χ4v) is 1.31. The Bertz CT molecular complexity index is 571. The molecule has 0 aromatic carbocycles. The Morgan fingerprint density at radius 1 is 1.00 bits per heavy atom. The highest BCUT2D eigenvalue weighted by Gasteiger charge is 2.00. The van der Waals surface area contributed by atoms with E-state index in [-0.39, 0.29) is 0 Å². The topological polar surface area (TPSA) is 56.0 Å². The molecule has 3 rings (SSSR count). The zero-order valence-electron chi connectivity index (χ0n) is 6.62. The summed E-state index contributed by atoms with van der Waals surface area (Å²) in [7, 11) is 0. The molecule has 0 saturated carbocycles. The van der Waals surface area contributed by atoms with Gasteiger partial charge in [-0.2, -0.15) is 0 Å². The number of hydrogen-bond acceptors (Lipinski definition) is 4. The van der Waals surface area contributed by atoms with E-state index in [0.717, 1.165) is 16.7 Å². The van der Waals surface area contributed by atoms with Gasteiger partial charge in [-0.05, 0) is 0 Å². The molecule has 62 valence electrons. The van der Waals surface area contributed by atoms with E-state index in [1.807, 2.05) is 4.40 Å². The fourth-order valence-electron chi connectivity index (χ4n) is 1.31. The van der Waals surface area contributed by atoms with E-state index in [1.165, 1.54) is 6.33 Å². The Morgan fingerprint density at radius 2 is 2.00 bits per heavy atom. The zero-order chi connectivity index (χ0) is 8.67. The number of imidazole rings is 1. The average molecular weight is 171 g/mol. The lowest BCUT2D eigenvalue weighted by Crippen LogP contribution is -1.92. The molecule has 0 fully saturated rings. The largest absolute Gasteiger partial charge is 0.280 e. The molecule has 0 N–H and O–H groups in total. The van der Waals surface area contributed by atoms with Gasteiger partial charge in [0.05, 0.1) is 24.1 Å². The predicted molar refractivity (Wildman–Crippen MR) is 46.1 cm³/mol. The summed E-state index contributed by atoms with van der Waals surface area (Å²) in [6.45, 7) is 0. The first-order valence-electron chi connectivity index (χ1n) is 3.82. The van der Waals surface area contributed by atoms with Crippen LogP contribution in [0.4, 0.5) is 0 Å². The fraction of sp³-hybridized carbons (Fsp3) is 0. The van der Waals surface area contributed by atoms with Crippen molar-refractivity contribution in [2.24, 2.45) is 0 Å². The van der Waals surface area contributed by atoms with Crippen LogP contribution in [-0.4, -0.2) is 24.3 Å². The van der Waals surface area contributed by atoms with Crippen LogP contribution < -0.4 is 0 Å². The summed E-state index contributed by atoms with van der Waals surface area (Å²) < 4.78 is 1.88. The van der Waals surface area contributed by atoms with E-state index < -0.39 is 0 Å². The van der Waals surface area contributed by atoms with Crippen molar-refractivity contribution in [3.8, 4) is 0 Å². The van der Waals surface area contributed by atoms with Crippen LogP contribution in [0, 0.1) is 0 Å². The Hall–Kier alpha value is -2.04. The summed E-state index contributed by atoms with van der Waals surface area (Å²) in [5.74, 6) is 0. The van der Waals surface area contributed by atoms with Crippen LogP contribution >= 0.6 is 0 Å². The number of hydrogen-bond donors (Lipinski definition) is 0. The van der Waals surface area contributed by atoms with E-state index in [4.69, 9.17) is 0 Å². The maximum atomic E-state index is 4.20. The molecule has 0 aliphatic heterocycles. The molecule has 5 heteroatoms. The molecule has 0 saturated heterocycles. The van der Waals surface area contributed by atoms with Gasteiger partial charge in [0.1, 0.15) is 18.2 Å². The van der Waals surface area contributed by atoms with E-state index in [0.29, 0.717) is 0 Å². The first-order valence-corrected chi connectivity index (χ1v) is 3.82. The lowest BCUT2D eigenvalue weighted by Gasteiger charge is -1.97. The van der Waals surface area contributed by atoms with E-state index >= 15 is 0 Å². The highest BCUT2D eigenvalue weighted by molar-refractivity contribution is 5.72. The van der Waals surface area contributed by atoms with Gasteiger partial charge in [-0.25, -0.2) is 19.9 Å². The SMILES string of the molecule is c1ncc2ncc3cncn3c2n1. The van der Waals surface area contributed by atoms with Crippen molar-refractivity contribution >= 4 is 16.7 Å². The van der Waals surface area contributed by atoms with Gasteiger partial charge in [0.2, 0.25) is 0 Å². The first kappa shape index (κ1) is 6.47. The molecule has 0 radical (unpaired) electrons. The quantitative estimate of drug-likeness (QED) is 0.499. The van der Waals surface area contributed by atoms with Crippen LogP contribution in [0.1, 0.15) is 0 Å². The monoisotopic (exact) mass is 171 g/mol. The van der Waals surface area contributed by atoms with Crippen molar-refractivity contribution in [2.45, 2.75) is 0 Å². The van der Waals surface area contributed by atoms with Gasteiger partial charge >= 0.3 is 0 Å². The number of fused-ring (bicyclic) bond motifs is 3. The maximum Gasteiger partial charge on any atom is 0.167 e. The van der Waals surface area contributed by atoms with Crippen molar-refractivity contribution < 1.29 is 0 Å². The molecule has 3 aromatic rings. The minimum Gasteiger partial charge on any atom is -0.280 e. The van der Waals surface area contributed by atoms with Crippen LogP contribution in [0.2, 0.25) is 0 Å². The molecule has 0 unspecified atom stereocenters. The van der Waals surface area contributed by atoms with E-state index in [2.05, 4.69) is 19.9 Å². The molecule has 3 aromatic heterocycles. The Labute approximate surface area is 73.1 Å². The first-order chi connectivity index (χ1) is 6.45. The zero-order valence-corrected chi connectivity index (χ0v) is 6.62. The summed E-state index contributed by atoms with van der Waals surface area (Å²) in [6, 6.07) is 0. The molecular weight excluding hydrogens is 166 g/mol. The Kier molecular flexibility index (Phi) is 1.11. The van der Waals surface area contributed by atoms with Crippen molar-refractivity contribution in [2.75, 3.05) is 0 Å². The second-order valence-corrected chi connectivity index (χ2v) is 2.68. The molecule has 0 spiro atoms. The summed E-state index contributed by atoms with van der Waals surface area (Å²) in [5, 5.41) is 0. The lowest BCUT2D eigenvalue weighted by molar-refractivity contribution is 1.10. The van der Waals surface area contributed by atoms with Gasteiger partial charge in [-0.3, -0.25) is 4.40 Å². The second-order valence-electron chi connectivity index (χ2n) is 2.68.